The van der Waals surface area contributed by atoms with Gasteiger partial charge in [0, 0.05) is 5.92 Å². The van der Waals surface area contributed by atoms with Crippen molar-refractivity contribution in [2.75, 3.05) is 0 Å². The van der Waals surface area contributed by atoms with Crippen LogP contribution in [0.2, 0.25) is 0 Å². The Balaban J connectivity index is 4.08. The Bertz CT molecular complexity index is 154. The lowest BCUT2D eigenvalue weighted by Crippen LogP contribution is -2.25. The van der Waals surface area contributed by atoms with Gasteiger partial charge in [0.15, 0.2) is 11.2 Å². The number of ketones is 1. The Hall–Kier alpha value is -0.0800. The van der Waals surface area contributed by atoms with E-state index in [4.69, 9.17) is 23.2 Å². The van der Waals surface area contributed by atoms with Crippen molar-refractivity contribution >= 4 is 34.2 Å². The quantitative estimate of drug-likeness (QED) is 0.378. The van der Waals surface area contributed by atoms with Crippen molar-refractivity contribution < 1.29 is 9.59 Å². The number of halogens is 2. The van der Waals surface area contributed by atoms with Gasteiger partial charge in [-0.15, -0.1) is 11.6 Å². The Morgan fingerprint density at radius 2 is 1.70 bits per heavy atom. The van der Waals surface area contributed by atoms with Gasteiger partial charge in [-0.05, 0) is 11.6 Å². The molecule has 0 N–H and O–H groups in total. The fraction of sp³-hybridized carbons (Fsp3) is 0.667. The second kappa shape index (κ2) is 3.94. The Morgan fingerprint density at radius 3 is 1.80 bits per heavy atom. The van der Waals surface area contributed by atoms with E-state index in [9.17, 15) is 9.59 Å². The second-order valence-corrected chi connectivity index (χ2v) is 3.03. The Morgan fingerprint density at radius 1 is 1.30 bits per heavy atom. The van der Waals surface area contributed by atoms with Crippen molar-refractivity contribution in [1.29, 1.82) is 0 Å². The van der Waals surface area contributed by atoms with Gasteiger partial charge in [-0.3, -0.25) is 9.59 Å². The molecule has 1 atom stereocenters. The second-order valence-electron chi connectivity index (χ2n) is 2.22. The summed E-state index contributed by atoms with van der Waals surface area (Å²) in [7, 11) is 0. The van der Waals surface area contributed by atoms with Gasteiger partial charge in [0.25, 0.3) is 0 Å². The molecule has 0 rings (SSSR count). The highest BCUT2D eigenvalue weighted by Gasteiger charge is 2.23. The van der Waals surface area contributed by atoms with Crippen LogP contribution < -0.4 is 0 Å². The molecule has 0 aliphatic heterocycles. The zero-order chi connectivity index (χ0) is 8.31. The predicted octanol–water partition coefficient (Wildman–Crippen LogP) is 1.58. The van der Waals surface area contributed by atoms with Gasteiger partial charge in [0.2, 0.25) is 5.24 Å². The van der Waals surface area contributed by atoms with Crippen molar-refractivity contribution in [3.05, 3.63) is 0 Å². The summed E-state index contributed by atoms with van der Waals surface area (Å²) in [5.41, 5.74) is 0. The van der Waals surface area contributed by atoms with Crippen LogP contribution in [-0.4, -0.2) is 16.4 Å². The van der Waals surface area contributed by atoms with Crippen LogP contribution in [0.15, 0.2) is 0 Å². The first-order valence-corrected chi connectivity index (χ1v) is 3.65. The molecule has 2 nitrogen and oxygen atoms in total. The van der Waals surface area contributed by atoms with E-state index in [1.807, 2.05) is 0 Å². The summed E-state index contributed by atoms with van der Waals surface area (Å²) in [4.78, 5) is 21.1. The van der Waals surface area contributed by atoms with Crippen molar-refractivity contribution in [2.24, 2.45) is 5.92 Å². The Kier molecular flexibility index (Phi) is 3.91. The molecule has 0 saturated carbocycles. The van der Waals surface area contributed by atoms with E-state index >= 15 is 0 Å². The average molecular weight is 183 g/mol. The van der Waals surface area contributed by atoms with E-state index in [1.54, 1.807) is 13.8 Å². The van der Waals surface area contributed by atoms with Gasteiger partial charge in [0.05, 0.1) is 0 Å². The summed E-state index contributed by atoms with van der Waals surface area (Å²) in [6, 6.07) is 0. The van der Waals surface area contributed by atoms with Crippen LogP contribution in [0, 0.1) is 5.92 Å². The highest BCUT2D eigenvalue weighted by atomic mass is 35.5. The van der Waals surface area contributed by atoms with Crippen LogP contribution in [0.3, 0.4) is 0 Å². The van der Waals surface area contributed by atoms with E-state index in [1.165, 1.54) is 0 Å². The molecule has 0 aliphatic rings. The lowest BCUT2D eigenvalue weighted by Gasteiger charge is -2.04. The van der Waals surface area contributed by atoms with Gasteiger partial charge < -0.3 is 0 Å². The van der Waals surface area contributed by atoms with Crippen LogP contribution in [0.5, 0.6) is 0 Å². The number of rotatable bonds is 3. The molecule has 0 heterocycles. The maximum absolute atomic E-state index is 10.8. The number of alkyl halides is 1. The third-order valence-corrected chi connectivity index (χ3v) is 1.76. The summed E-state index contributed by atoms with van der Waals surface area (Å²) in [5.74, 6) is -0.577. The lowest BCUT2D eigenvalue weighted by molar-refractivity contribution is -0.125. The smallest absolute Gasteiger partial charge is 0.247 e. The van der Waals surface area contributed by atoms with Crippen LogP contribution in [0.25, 0.3) is 0 Å². The highest BCUT2D eigenvalue weighted by Crippen LogP contribution is 2.08. The first kappa shape index (κ1) is 9.92. The SMILES string of the molecule is CC(C)C(=O)C(Cl)C(=O)Cl. The van der Waals surface area contributed by atoms with Crippen molar-refractivity contribution in [2.45, 2.75) is 19.2 Å². The van der Waals surface area contributed by atoms with Gasteiger partial charge in [-0.25, -0.2) is 0 Å². The summed E-state index contributed by atoms with van der Waals surface area (Å²) >= 11 is 10.3. The lowest BCUT2D eigenvalue weighted by atomic mass is 10.1. The van der Waals surface area contributed by atoms with Gasteiger partial charge >= 0.3 is 0 Å². The largest absolute Gasteiger partial charge is 0.297 e. The summed E-state index contributed by atoms with van der Waals surface area (Å²) in [5, 5.41) is -1.98. The van der Waals surface area contributed by atoms with Gasteiger partial charge in [-0.1, -0.05) is 13.8 Å². The summed E-state index contributed by atoms with van der Waals surface area (Å²) in [6.07, 6.45) is 0. The third kappa shape index (κ3) is 2.67. The maximum Gasteiger partial charge on any atom is 0.247 e. The highest BCUT2D eigenvalue weighted by molar-refractivity contribution is 6.72. The van der Waals surface area contributed by atoms with E-state index in [-0.39, 0.29) is 11.7 Å². The topological polar surface area (TPSA) is 34.1 Å². The molecule has 0 bridgehead atoms. The zero-order valence-corrected chi connectivity index (χ0v) is 7.24. The molecule has 0 radical (unpaired) electrons. The van der Waals surface area contributed by atoms with Crippen LogP contribution in [0.1, 0.15) is 13.8 Å². The minimum atomic E-state index is -1.18. The molecule has 0 aromatic carbocycles. The first-order chi connectivity index (χ1) is 4.46. The first-order valence-electron chi connectivity index (χ1n) is 2.84. The van der Waals surface area contributed by atoms with E-state index < -0.39 is 10.6 Å². The molecule has 0 fully saturated rings. The van der Waals surface area contributed by atoms with Crippen LogP contribution in [0.4, 0.5) is 0 Å². The third-order valence-electron chi connectivity index (χ3n) is 1.02. The number of hydrogen-bond acceptors (Lipinski definition) is 2. The minimum absolute atomic E-state index is 0.245. The van der Waals surface area contributed by atoms with E-state index in [0.29, 0.717) is 0 Å². The molecule has 0 aromatic rings. The molecule has 58 valence electrons. The maximum atomic E-state index is 10.8. The van der Waals surface area contributed by atoms with Crippen LogP contribution in [-0.2, 0) is 9.59 Å². The van der Waals surface area contributed by atoms with Gasteiger partial charge in [0.1, 0.15) is 0 Å². The normalized spacial score (nSPS) is 13.3. The number of Topliss-reactive ketones (excluding diaryl/α,β-unsaturated/α-hetero) is 1. The van der Waals surface area contributed by atoms with E-state index in [2.05, 4.69) is 0 Å². The standard InChI is InChI=1S/C6H8Cl2O2/c1-3(2)5(9)4(7)6(8)10/h3-4H,1-2H3. The number of carbonyl (C=O) groups excluding carboxylic acids is 2. The van der Waals surface area contributed by atoms with Crippen LogP contribution >= 0.6 is 23.2 Å². The van der Waals surface area contributed by atoms with E-state index in [0.717, 1.165) is 0 Å². The number of carbonyl (C=O) groups is 2. The molecule has 0 aliphatic carbocycles. The molecule has 4 heteroatoms. The van der Waals surface area contributed by atoms with Crippen molar-refractivity contribution in [3.8, 4) is 0 Å². The molecular weight excluding hydrogens is 175 g/mol. The summed E-state index contributed by atoms with van der Waals surface area (Å²) < 4.78 is 0. The molecule has 0 saturated heterocycles. The average Bonchev–Trinajstić information content (AvgIpc) is 1.84. The molecule has 0 aromatic heterocycles. The van der Waals surface area contributed by atoms with Crippen molar-refractivity contribution in [1.82, 2.24) is 0 Å². The Labute approximate surface area is 69.5 Å². The van der Waals surface area contributed by atoms with Crippen molar-refractivity contribution in [3.63, 3.8) is 0 Å². The molecule has 0 spiro atoms. The molecule has 1 unspecified atom stereocenters. The monoisotopic (exact) mass is 182 g/mol. The molecule has 10 heavy (non-hydrogen) atoms. The molecule has 0 amide bonds. The zero-order valence-electron chi connectivity index (χ0n) is 5.73. The number of hydrogen-bond donors (Lipinski definition) is 0. The van der Waals surface area contributed by atoms with Gasteiger partial charge in [-0.2, -0.15) is 0 Å². The predicted molar refractivity (Wildman–Crippen MR) is 40.3 cm³/mol. The fourth-order valence-electron chi connectivity index (χ4n) is 0.405. The summed E-state index contributed by atoms with van der Waals surface area (Å²) in [6.45, 7) is 3.33. The molecular formula is C6H8Cl2O2. The minimum Gasteiger partial charge on any atom is -0.297 e. The fourth-order valence-corrected chi connectivity index (χ4v) is 0.764.